The summed E-state index contributed by atoms with van der Waals surface area (Å²) in [6.07, 6.45) is 5.75. The molecule has 70 valence electrons. The van der Waals surface area contributed by atoms with Crippen LogP contribution in [0.5, 0.6) is 0 Å². The van der Waals surface area contributed by atoms with Crippen molar-refractivity contribution >= 4 is 0 Å². The monoisotopic (exact) mass is 167 g/mol. The smallest absolute Gasteiger partial charge is 0.0235 e. The van der Waals surface area contributed by atoms with E-state index in [2.05, 4.69) is 26.1 Å². The SMILES string of the molecule is CCNC12CCC(CC1)C2(C)C. The Labute approximate surface area is 75.9 Å². The van der Waals surface area contributed by atoms with E-state index in [0.29, 0.717) is 11.0 Å². The first kappa shape index (κ1) is 8.55. The topological polar surface area (TPSA) is 12.0 Å². The number of rotatable bonds is 2. The van der Waals surface area contributed by atoms with Crippen LogP contribution in [0.2, 0.25) is 0 Å². The Kier molecular flexibility index (Phi) is 1.76. The highest BCUT2D eigenvalue weighted by Gasteiger charge is 2.58. The second-order valence-corrected chi connectivity index (χ2v) is 5.11. The third-order valence-corrected chi connectivity index (χ3v) is 4.61. The van der Waals surface area contributed by atoms with Crippen LogP contribution in [0.25, 0.3) is 0 Å². The van der Waals surface area contributed by atoms with E-state index >= 15 is 0 Å². The van der Waals surface area contributed by atoms with E-state index in [0.717, 1.165) is 12.5 Å². The first-order valence-corrected chi connectivity index (χ1v) is 5.37. The zero-order chi connectivity index (χ0) is 8.82. The average Bonchev–Trinajstić information content (AvgIpc) is 2.39. The van der Waals surface area contributed by atoms with Crippen LogP contribution in [0, 0.1) is 11.3 Å². The van der Waals surface area contributed by atoms with E-state index in [1.165, 1.54) is 25.7 Å². The van der Waals surface area contributed by atoms with Crippen LogP contribution in [0.3, 0.4) is 0 Å². The predicted octanol–water partition coefficient (Wildman–Crippen LogP) is 2.56. The number of hydrogen-bond acceptors (Lipinski definition) is 1. The lowest BCUT2D eigenvalue weighted by molar-refractivity contribution is 0.175. The Hall–Kier alpha value is -0.0400. The molecule has 2 saturated carbocycles. The maximum absolute atomic E-state index is 3.74. The molecule has 0 aromatic heterocycles. The Morgan fingerprint density at radius 2 is 1.83 bits per heavy atom. The van der Waals surface area contributed by atoms with Gasteiger partial charge in [-0.3, -0.25) is 0 Å². The van der Waals surface area contributed by atoms with Crippen LogP contribution < -0.4 is 5.32 Å². The molecule has 0 aromatic rings. The van der Waals surface area contributed by atoms with E-state index in [-0.39, 0.29) is 0 Å². The van der Waals surface area contributed by atoms with Gasteiger partial charge in [0.15, 0.2) is 0 Å². The third kappa shape index (κ3) is 0.834. The van der Waals surface area contributed by atoms with Crippen molar-refractivity contribution in [2.75, 3.05) is 6.54 Å². The molecule has 1 heteroatoms. The molecular weight excluding hydrogens is 146 g/mol. The Morgan fingerprint density at radius 3 is 2.17 bits per heavy atom. The predicted molar refractivity (Wildman–Crippen MR) is 52.1 cm³/mol. The van der Waals surface area contributed by atoms with Crippen molar-refractivity contribution in [3.05, 3.63) is 0 Å². The Balaban J connectivity index is 2.24. The molecule has 0 spiro atoms. The lowest BCUT2D eigenvalue weighted by Crippen LogP contribution is -2.50. The van der Waals surface area contributed by atoms with Crippen molar-refractivity contribution < 1.29 is 0 Å². The summed E-state index contributed by atoms with van der Waals surface area (Å²) in [7, 11) is 0. The van der Waals surface area contributed by atoms with Crippen molar-refractivity contribution in [2.24, 2.45) is 11.3 Å². The molecule has 0 aliphatic heterocycles. The molecule has 0 radical (unpaired) electrons. The summed E-state index contributed by atoms with van der Waals surface area (Å²) in [5.41, 5.74) is 1.06. The zero-order valence-electron chi connectivity index (χ0n) is 8.61. The van der Waals surface area contributed by atoms with Crippen molar-refractivity contribution in [1.82, 2.24) is 5.32 Å². The molecule has 12 heavy (non-hydrogen) atoms. The van der Waals surface area contributed by atoms with Crippen LogP contribution >= 0.6 is 0 Å². The standard InChI is InChI=1S/C11H21N/c1-4-12-11-7-5-9(6-8-11)10(11,2)3/h9,12H,4-8H2,1-3H3. The molecule has 0 unspecified atom stereocenters. The molecule has 1 nitrogen and oxygen atoms in total. The van der Waals surface area contributed by atoms with Crippen molar-refractivity contribution in [1.29, 1.82) is 0 Å². The molecule has 2 bridgehead atoms. The summed E-state index contributed by atoms with van der Waals surface area (Å²) in [5.74, 6) is 0.997. The molecule has 2 fully saturated rings. The molecule has 0 saturated heterocycles. The minimum absolute atomic E-state index is 0.506. The number of nitrogens with one attached hydrogen (secondary N) is 1. The van der Waals surface area contributed by atoms with Crippen LogP contribution in [-0.2, 0) is 0 Å². The van der Waals surface area contributed by atoms with Crippen molar-refractivity contribution in [2.45, 2.75) is 52.0 Å². The Bertz CT molecular complexity index is 175. The highest BCUT2D eigenvalue weighted by atomic mass is 15.0. The lowest BCUT2D eigenvalue weighted by atomic mass is 9.76. The fraction of sp³-hybridized carbons (Fsp3) is 1.00. The minimum atomic E-state index is 0.506. The first-order valence-electron chi connectivity index (χ1n) is 5.37. The maximum atomic E-state index is 3.74. The highest BCUT2D eigenvalue weighted by molar-refractivity contribution is 5.13. The van der Waals surface area contributed by atoms with Gasteiger partial charge in [-0.2, -0.15) is 0 Å². The van der Waals surface area contributed by atoms with Gasteiger partial charge in [0.25, 0.3) is 0 Å². The van der Waals surface area contributed by atoms with E-state index in [4.69, 9.17) is 0 Å². The van der Waals surface area contributed by atoms with Crippen molar-refractivity contribution in [3.63, 3.8) is 0 Å². The number of hydrogen-bond donors (Lipinski definition) is 1. The second kappa shape index (κ2) is 2.47. The van der Waals surface area contributed by atoms with Crippen LogP contribution in [-0.4, -0.2) is 12.1 Å². The first-order chi connectivity index (χ1) is 5.62. The van der Waals surface area contributed by atoms with Crippen LogP contribution in [0.4, 0.5) is 0 Å². The van der Waals surface area contributed by atoms with Gasteiger partial charge < -0.3 is 5.32 Å². The maximum Gasteiger partial charge on any atom is 0.0235 e. The largest absolute Gasteiger partial charge is 0.311 e. The van der Waals surface area contributed by atoms with Gasteiger partial charge in [0.05, 0.1) is 0 Å². The zero-order valence-corrected chi connectivity index (χ0v) is 8.61. The van der Waals surface area contributed by atoms with E-state index in [9.17, 15) is 0 Å². The third-order valence-electron chi connectivity index (χ3n) is 4.61. The second-order valence-electron chi connectivity index (χ2n) is 5.11. The van der Waals surface area contributed by atoms with Gasteiger partial charge >= 0.3 is 0 Å². The van der Waals surface area contributed by atoms with Crippen LogP contribution in [0.15, 0.2) is 0 Å². The Morgan fingerprint density at radius 1 is 1.25 bits per heavy atom. The average molecular weight is 167 g/mol. The lowest BCUT2D eigenvalue weighted by Gasteiger charge is -2.39. The summed E-state index contributed by atoms with van der Waals surface area (Å²) in [4.78, 5) is 0. The van der Waals surface area contributed by atoms with Gasteiger partial charge in [-0.15, -0.1) is 0 Å². The molecule has 0 heterocycles. The van der Waals surface area contributed by atoms with E-state index < -0.39 is 0 Å². The summed E-state index contributed by atoms with van der Waals surface area (Å²) >= 11 is 0. The molecular formula is C11H21N. The number of fused-ring (bicyclic) bond motifs is 2. The summed E-state index contributed by atoms with van der Waals surface area (Å²) in [6.45, 7) is 8.28. The minimum Gasteiger partial charge on any atom is -0.311 e. The molecule has 1 N–H and O–H groups in total. The van der Waals surface area contributed by atoms with Gasteiger partial charge in [-0.25, -0.2) is 0 Å². The fourth-order valence-electron chi connectivity index (χ4n) is 3.61. The summed E-state index contributed by atoms with van der Waals surface area (Å²) < 4.78 is 0. The molecule has 0 aromatic carbocycles. The van der Waals surface area contributed by atoms with E-state index in [1.54, 1.807) is 0 Å². The quantitative estimate of drug-likeness (QED) is 0.666. The normalized spacial score (nSPS) is 43.8. The van der Waals surface area contributed by atoms with Gasteiger partial charge in [-0.05, 0) is 43.6 Å². The van der Waals surface area contributed by atoms with Gasteiger partial charge in [0.1, 0.15) is 0 Å². The molecule has 2 aliphatic rings. The highest BCUT2D eigenvalue weighted by Crippen LogP contribution is 2.59. The molecule has 0 atom stereocenters. The van der Waals surface area contributed by atoms with Crippen LogP contribution in [0.1, 0.15) is 46.5 Å². The summed E-state index contributed by atoms with van der Waals surface area (Å²) in [5, 5.41) is 3.74. The molecule has 0 amide bonds. The van der Waals surface area contributed by atoms with E-state index in [1.807, 2.05) is 0 Å². The fourth-order valence-corrected chi connectivity index (χ4v) is 3.61. The van der Waals surface area contributed by atoms with Gasteiger partial charge in [-0.1, -0.05) is 20.8 Å². The van der Waals surface area contributed by atoms with Gasteiger partial charge in [0.2, 0.25) is 0 Å². The summed E-state index contributed by atoms with van der Waals surface area (Å²) in [6, 6.07) is 0. The molecule has 2 aliphatic carbocycles. The van der Waals surface area contributed by atoms with Crippen molar-refractivity contribution in [3.8, 4) is 0 Å². The van der Waals surface area contributed by atoms with Gasteiger partial charge in [0, 0.05) is 5.54 Å². The molecule has 2 rings (SSSR count).